The zero-order valence-corrected chi connectivity index (χ0v) is 13.1. The van der Waals surface area contributed by atoms with Crippen molar-refractivity contribution in [1.82, 2.24) is 0 Å². The highest BCUT2D eigenvalue weighted by Crippen LogP contribution is 2.27. The number of benzene rings is 2. The highest BCUT2D eigenvalue weighted by molar-refractivity contribution is 9.09. The van der Waals surface area contributed by atoms with Gasteiger partial charge in [0.2, 0.25) is 0 Å². The minimum atomic E-state index is -0.335. The fourth-order valence-electron chi connectivity index (χ4n) is 1.79. The molecule has 0 fully saturated rings. The van der Waals surface area contributed by atoms with Gasteiger partial charge in [-0.2, -0.15) is 0 Å². The van der Waals surface area contributed by atoms with Crippen molar-refractivity contribution < 1.29 is 9.53 Å². The molecule has 0 spiro atoms. The maximum atomic E-state index is 12.4. The van der Waals surface area contributed by atoms with Gasteiger partial charge < -0.3 is 4.74 Å². The number of hydrogen-bond acceptors (Lipinski definition) is 2. The van der Waals surface area contributed by atoms with Crippen LogP contribution >= 0.6 is 27.5 Å². The number of rotatable bonds is 6. The molecule has 2 aromatic rings. The lowest BCUT2D eigenvalue weighted by Crippen LogP contribution is -2.07. The SMILES string of the molecule is O=C(c1ccc(OCCCl)cc1)C(Br)c1ccccc1. The van der Waals surface area contributed by atoms with E-state index in [2.05, 4.69) is 15.9 Å². The average Bonchev–Trinajstić information content (AvgIpc) is 2.53. The molecule has 20 heavy (non-hydrogen) atoms. The van der Waals surface area contributed by atoms with Crippen molar-refractivity contribution in [2.75, 3.05) is 12.5 Å². The zero-order valence-electron chi connectivity index (χ0n) is 10.8. The van der Waals surface area contributed by atoms with E-state index in [1.807, 2.05) is 30.3 Å². The lowest BCUT2D eigenvalue weighted by Gasteiger charge is -2.10. The second kappa shape index (κ2) is 7.46. The summed E-state index contributed by atoms with van der Waals surface area (Å²) >= 11 is 9.01. The third kappa shape index (κ3) is 3.84. The van der Waals surface area contributed by atoms with Gasteiger partial charge in [0.05, 0.1) is 5.88 Å². The smallest absolute Gasteiger partial charge is 0.180 e. The first-order chi connectivity index (χ1) is 9.72. The quantitative estimate of drug-likeness (QED) is 0.559. The van der Waals surface area contributed by atoms with E-state index in [0.717, 1.165) is 5.56 Å². The van der Waals surface area contributed by atoms with Gasteiger partial charge in [-0.15, -0.1) is 11.6 Å². The first-order valence-electron chi connectivity index (χ1n) is 6.24. The lowest BCUT2D eigenvalue weighted by molar-refractivity contribution is 0.0991. The summed E-state index contributed by atoms with van der Waals surface area (Å²) in [5.74, 6) is 1.19. The molecule has 0 amide bonds. The number of carbonyl (C=O) groups is 1. The number of halogens is 2. The molecule has 0 radical (unpaired) electrons. The summed E-state index contributed by atoms with van der Waals surface area (Å²) in [6, 6.07) is 16.7. The summed E-state index contributed by atoms with van der Waals surface area (Å²) in [5.41, 5.74) is 1.59. The van der Waals surface area contributed by atoms with Gasteiger partial charge in [0.1, 0.15) is 17.2 Å². The summed E-state index contributed by atoms with van der Waals surface area (Å²) < 4.78 is 5.38. The van der Waals surface area contributed by atoms with E-state index in [0.29, 0.717) is 23.8 Å². The van der Waals surface area contributed by atoms with Crippen LogP contribution in [0.25, 0.3) is 0 Å². The lowest BCUT2D eigenvalue weighted by atomic mass is 10.0. The first kappa shape index (κ1) is 15.1. The van der Waals surface area contributed by atoms with E-state index in [1.54, 1.807) is 24.3 Å². The minimum absolute atomic E-state index is 0.0279. The van der Waals surface area contributed by atoms with Crippen molar-refractivity contribution in [3.8, 4) is 5.75 Å². The Morgan fingerprint density at radius 3 is 2.35 bits per heavy atom. The van der Waals surface area contributed by atoms with Crippen LogP contribution in [0.5, 0.6) is 5.75 Å². The van der Waals surface area contributed by atoms with Crippen molar-refractivity contribution in [3.63, 3.8) is 0 Å². The molecule has 0 bridgehead atoms. The van der Waals surface area contributed by atoms with Gasteiger partial charge >= 0.3 is 0 Å². The van der Waals surface area contributed by atoms with Crippen molar-refractivity contribution >= 4 is 33.3 Å². The molecule has 2 rings (SSSR count). The Morgan fingerprint density at radius 2 is 1.75 bits per heavy atom. The molecule has 0 aromatic heterocycles. The number of Topliss-reactive ketones (excluding diaryl/α,β-unsaturated/α-hetero) is 1. The molecule has 0 N–H and O–H groups in total. The number of hydrogen-bond donors (Lipinski definition) is 0. The van der Waals surface area contributed by atoms with Crippen LogP contribution in [0.4, 0.5) is 0 Å². The maximum Gasteiger partial charge on any atom is 0.180 e. The van der Waals surface area contributed by atoms with E-state index < -0.39 is 0 Å². The number of ether oxygens (including phenoxy) is 1. The van der Waals surface area contributed by atoms with Crippen molar-refractivity contribution in [2.24, 2.45) is 0 Å². The summed E-state index contributed by atoms with van der Waals surface area (Å²) in [4.78, 5) is 12.0. The first-order valence-corrected chi connectivity index (χ1v) is 7.69. The molecular formula is C16H14BrClO2. The normalized spacial score (nSPS) is 11.9. The Bertz CT molecular complexity index is 554. The van der Waals surface area contributed by atoms with Crippen molar-refractivity contribution in [2.45, 2.75) is 4.83 Å². The Labute approximate surface area is 131 Å². The maximum absolute atomic E-state index is 12.4. The highest BCUT2D eigenvalue weighted by atomic mass is 79.9. The van der Waals surface area contributed by atoms with Crippen LogP contribution in [0.1, 0.15) is 20.7 Å². The van der Waals surface area contributed by atoms with Gasteiger partial charge in [-0.05, 0) is 29.8 Å². The van der Waals surface area contributed by atoms with E-state index in [4.69, 9.17) is 16.3 Å². The van der Waals surface area contributed by atoms with Crippen LogP contribution in [0.15, 0.2) is 54.6 Å². The molecule has 104 valence electrons. The Morgan fingerprint density at radius 1 is 1.10 bits per heavy atom. The van der Waals surface area contributed by atoms with Gasteiger partial charge in [-0.25, -0.2) is 0 Å². The van der Waals surface area contributed by atoms with Gasteiger partial charge in [0.25, 0.3) is 0 Å². The largest absolute Gasteiger partial charge is 0.492 e. The molecular weight excluding hydrogens is 340 g/mol. The second-order valence-corrected chi connectivity index (χ2v) is 5.49. The molecule has 0 aliphatic heterocycles. The molecule has 0 aliphatic rings. The van der Waals surface area contributed by atoms with E-state index in [1.165, 1.54) is 0 Å². The van der Waals surface area contributed by atoms with Crippen LogP contribution in [-0.4, -0.2) is 18.3 Å². The van der Waals surface area contributed by atoms with E-state index >= 15 is 0 Å². The Hall–Kier alpha value is -1.32. The van der Waals surface area contributed by atoms with Crippen LogP contribution < -0.4 is 4.74 Å². The van der Waals surface area contributed by atoms with Gasteiger partial charge in [-0.3, -0.25) is 4.79 Å². The highest BCUT2D eigenvalue weighted by Gasteiger charge is 2.18. The molecule has 1 unspecified atom stereocenters. The summed E-state index contributed by atoms with van der Waals surface area (Å²) in [5, 5.41) is 0. The fraction of sp³-hybridized carbons (Fsp3) is 0.188. The van der Waals surface area contributed by atoms with Crippen LogP contribution in [0.3, 0.4) is 0 Å². The molecule has 1 atom stereocenters. The predicted molar refractivity (Wildman–Crippen MR) is 85.1 cm³/mol. The predicted octanol–water partition coefficient (Wildman–Crippen LogP) is 4.62. The average molecular weight is 354 g/mol. The standard InChI is InChI=1S/C16H14BrClO2/c17-15(12-4-2-1-3-5-12)16(19)13-6-8-14(9-7-13)20-11-10-18/h1-9,15H,10-11H2. The third-order valence-corrected chi connectivity index (χ3v) is 3.91. The summed E-state index contributed by atoms with van der Waals surface area (Å²) in [6.07, 6.45) is 0. The number of carbonyl (C=O) groups excluding carboxylic acids is 1. The minimum Gasteiger partial charge on any atom is -0.492 e. The van der Waals surface area contributed by atoms with Crippen LogP contribution in [0, 0.1) is 0 Å². The molecule has 4 heteroatoms. The molecule has 2 aromatic carbocycles. The molecule has 0 saturated heterocycles. The molecule has 0 heterocycles. The molecule has 2 nitrogen and oxygen atoms in total. The van der Waals surface area contributed by atoms with E-state index in [9.17, 15) is 4.79 Å². The van der Waals surface area contributed by atoms with Crippen molar-refractivity contribution in [1.29, 1.82) is 0 Å². The third-order valence-electron chi connectivity index (χ3n) is 2.81. The molecule has 0 saturated carbocycles. The summed E-state index contributed by atoms with van der Waals surface area (Å²) in [6.45, 7) is 0.458. The summed E-state index contributed by atoms with van der Waals surface area (Å²) in [7, 11) is 0. The number of ketones is 1. The Balaban J connectivity index is 2.09. The van der Waals surface area contributed by atoms with Crippen molar-refractivity contribution in [3.05, 3.63) is 65.7 Å². The van der Waals surface area contributed by atoms with Crippen LogP contribution in [-0.2, 0) is 0 Å². The fourth-order valence-corrected chi connectivity index (χ4v) is 2.44. The monoisotopic (exact) mass is 352 g/mol. The van der Waals surface area contributed by atoms with Gasteiger partial charge in [-0.1, -0.05) is 46.3 Å². The van der Waals surface area contributed by atoms with Gasteiger partial charge in [0.15, 0.2) is 5.78 Å². The van der Waals surface area contributed by atoms with Crippen LogP contribution in [0.2, 0.25) is 0 Å². The molecule has 0 aliphatic carbocycles. The Kier molecular flexibility index (Phi) is 5.62. The second-order valence-electron chi connectivity index (χ2n) is 4.20. The zero-order chi connectivity index (χ0) is 14.4. The van der Waals surface area contributed by atoms with E-state index in [-0.39, 0.29) is 10.6 Å². The topological polar surface area (TPSA) is 26.3 Å². The van der Waals surface area contributed by atoms with Gasteiger partial charge in [0, 0.05) is 5.56 Å². The number of alkyl halides is 2.